The molecule has 0 aromatic rings. The van der Waals surface area contributed by atoms with Crippen molar-refractivity contribution >= 4 is 0 Å². The maximum absolute atomic E-state index is 5.74. The first kappa shape index (κ1) is 11.4. The van der Waals surface area contributed by atoms with Crippen molar-refractivity contribution in [1.29, 1.82) is 0 Å². The van der Waals surface area contributed by atoms with Crippen LogP contribution in [0.15, 0.2) is 0 Å². The van der Waals surface area contributed by atoms with Crippen LogP contribution < -0.4 is 10.6 Å². The summed E-state index contributed by atoms with van der Waals surface area (Å²) in [4.78, 5) is 0. The molecule has 0 saturated carbocycles. The Morgan fingerprint density at radius 3 is 1.87 bits per heavy atom. The zero-order valence-electron chi connectivity index (χ0n) is 9.69. The summed E-state index contributed by atoms with van der Waals surface area (Å²) in [6, 6.07) is 0. The van der Waals surface area contributed by atoms with Gasteiger partial charge in [-0.2, -0.15) is 0 Å². The number of piperidine rings is 1. The third-order valence-electron chi connectivity index (χ3n) is 3.66. The number of hydrogen-bond donors (Lipinski definition) is 2. The summed E-state index contributed by atoms with van der Waals surface area (Å²) in [5.74, 6) is 0. The molecule has 88 valence electrons. The van der Waals surface area contributed by atoms with Crippen LogP contribution in [0, 0.1) is 0 Å². The highest BCUT2D eigenvalue weighted by atomic mass is 16.5. The van der Waals surface area contributed by atoms with Crippen molar-refractivity contribution in [3.63, 3.8) is 0 Å². The number of nitrogens with one attached hydrogen (secondary N) is 2. The van der Waals surface area contributed by atoms with E-state index in [0.29, 0.717) is 5.60 Å². The second kappa shape index (κ2) is 5.83. The largest absolute Gasteiger partial charge is 0.375 e. The second-order valence-corrected chi connectivity index (χ2v) is 4.84. The Balaban J connectivity index is 0.000000144. The van der Waals surface area contributed by atoms with E-state index in [0.717, 1.165) is 19.7 Å². The summed E-state index contributed by atoms with van der Waals surface area (Å²) < 4.78 is 5.74. The third kappa shape index (κ3) is 3.44. The molecule has 3 nitrogen and oxygen atoms in total. The van der Waals surface area contributed by atoms with E-state index in [2.05, 4.69) is 10.6 Å². The van der Waals surface area contributed by atoms with Gasteiger partial charge in [0.15, 0.2) is 0 Å². The normalized spacial score (nSPS) is 28.8. The molecular weight excluding hydrogens is 188 g/mol. The van der Waals surface area contributed by atoms with Gasteiger partial charge in [-0.25, -0.2) is 0 Å². The number of rotatable bonds is 0. The van der Waals surface area contributed by atoms with E-state index in [1.807, 2.05) is 0 Å². The zero-order chi connectivity index (χ0) is 10.4. The second-order valence-electron chi connectivity index (χ2n) is 4.84. The van der Waals surface area contributed by atoms with E-state index in [-0.39, 0.29) is 0 Å². The lowest BCUT2D eigenvalue weighted by atomic mass is 9.90. The summed E-state index contributed by atoms with van der Waals surface area (Å²) in [5, 5.41) is 6.58. The van der Waals surface area contributed by atoms with Crippen LogP contribution >= 0.6 is 0 Å². The van der Waals surface area contributed by atoms with E-state index in [1.165, 1.54) is 51.6 Å². The molecule has 0 aromatic heterocycles. The average molecular weight is 212 g/mol. The van der Waals surface area contributed by atoms with Gasteiger partial charge in [0.1, 0.15) is 0 Å². The quantitative estimate of drug-likeness (QED) is 0.635. The Kier molecular flexibility index (Phi) is 4.42. The Labute approximate surface area is 93.0 Å². The number of ether oxygens (including phenoxy) is 1. The van der Waals surface area contributed by atoms with Crippen LogP contribution in [0.3, 0.4) is 0 Å². The summed E-state index contributed by atoms with van der Waals surface area (Å²) in [7, 11) is 0. The maximum Gasteiger partial charge on any atom is 0.0707 e. The fraction of sp³-hybridized carbons (Fsp3) is 1.00. The van der Waals surface area contributed by atoms with Gasteiger partial charge in [-0.15, -0.1) is 0 Å². The van der Waals surface area contributed by atoms with Gasteiger partial charge in [0.25, 0.3) is 0 Å². The maximum atomic E-state index is 5.74. The molecule has 0 aromatic carbocycles. The first-order valence-electron chi connectivity index (χ1n) is 6.47. The monoisotopic (exact) mass is 212 g/mol. The molecule has 0 atom stereocenters. The van der Waals surface area contributed by atoms with Crippen molar-refractivity contribution in [2.75, 3.05) is 32.8 Å². The van der Waals surface area contributed by atoms with E-state index in [4.69, 9.17) is 4.74 Å². The Morgan fingerprint density at radius 2 is 1.40 bits per heavy atom. The van der Waals surface area contributed by atoms with Gasteiger partial charge in [0.2, 0.25) is 0 Å². The lowest BCUT2D eigenvalue weighted by molar-refractivity contribution is -0.0190. The molecule has 0 unspecified atom stereocenters. The molecule has 1 spiro atoms. The molecule has 0 radical (unpaired) electrons. The van der Waals surface area contributed by atoms with Crippen LogP contribution in [0.1, 0.15) is 38.5 Å². The molecule has 0 amide bonds. The Morgan fingerprint density at radius 1 is 0.733 bits per heavy atom. The molecule has 3 heteroatoms. The molecule has 3 heterocycles. The van der Waals surface area contributed by atoms with E-state index >= 15 is 0 Å². The Bertz CT molecular complexity index is 159. The van der Waals surface area contributed by atoms with Gasteiger partial charge in [0, 0.05) is 6.61 Å². The van der Waals surface area contributed by atoms with Crippen LogP contribution in [-0.4, -0.2) is 38.4 Å². The summed E-state index contributed by atoms with van der Waals surface area (Å²) in [5.41, 5.74) is 0.311. The molecule has 3 saturated heterocycles. The minimum absolute atomic E-state index is 0.311. The predicted molar refractivity (Wildman–Crippen MR) is 62.1 cm³/mol. The van der Waals surface area contributed by atoms with Crippen molar-refractivity contribution in [3.8, 4) is 0 Å². The van der Waals surface area contributed by atoms with Gasteiger partial charge in [-0.05, 0) is 64.7 Å². The van der Waals surface area contributed by atoms with Gasteiger partial charge >= 0.3 is 0 Å². The molecule has 3 aliphatic heterocycles. The van der Waals surface area contributed by atoms with Crippen molar-refractivity contribution < 1.29 is 4.74 Å². The van der Waals surface area contributed by atoms with E-state index < -0.39 is 0 Å². The van der Waals surface area contributed by atoms with Gasteiger partial charge in [0.05, 0.1) is 5.60 Å². The molecule has 0 bridgehead atoms. The van der Waals surface area contributed by atoms with Crippen LogP contribution in [0.2, 0.25) is 0 Å². The molecule has 3 fully saturated rings. The first-order chi connectivity index (χ1) is 7.41. The van der Waals surface area contributed by atoms with Crippen LogP contribution in [-0.2, 0) is 4.74 Å². The highest BCUT2D eigenvalue weighted by Gasteiger charge is 2.35. The summed E-state index contributed by atoms with van der Waals surface area (Å²) in [6.45, 7) is 5.81. The zero-order valence-corrected chi connectivity index (χ0v) is 9.69. The first-order valence-corrected chi connectivity index (χ1v) is 6.47. The van der Waals surface area contributed by atoms with Crippen molar-refractivity contribution in [2.24, 2.45) is 0 Å². The fourth-order valence-corrected chi connectivity index (χ4v) is 2.66. The van der Waals surface area contributed by atoms with Gasteiger partial charge in [-0.1, -0.05) is 0 Å². The van der Waals surface area contributed by atoms with E-state index in [1.54, 1.807) is 0 Å². The van der Waals surface area contributed by atoms with Crippen LogP contribution in [0.25, 0.3) is 0 Å². The summed E-state index contributed by atoms with van der Waals surface area (Å²) in [6.07, 6.45) is 7.81. The number of hydrogen-bond acceptors (Lipinski definition) is 3. The van der Waals surface area contributed by atoms with Crippen LogP contribution in [0.4, 0.5) is 0 Å². The van der Waals surface area contributed by atoms with Crippen molar-refractivity contribution in [1.82, 2.24) is 10.6 Å². The molecule has 15 heavy (non-hydrogen) atoms. The van der Waals surface area contributed by atoms with E-state index in [9.17, 15) is 0 Å². The SMILES string of the molecule is C1CCNC1.C1COC2(C1)CCNCC2. The van der Waals surface area contributed by atoms with Crippen molar-refractivity contribution in [3.05, 3.63) is 0 Å². The molecule has 0 aliphatic carbocycles. The molecular formula is C12H24N2O. The minimum atomic E-state index is 0.311. The lowest BCUT2D eigenvalue weighted by Gasteiger charge is -2.32. The predicted octanol–water partition coefficient (Wildman–Crippen LogP) is 1.29. The van der Waals surface area contributed by atoms with Crippen LogP contribution in [0.5, 0.6) is 0 Å². The highest BCUT2D eigenvalue weighted by Crippen LogP contribution is 2.33. The standard InChI is InChI=1S/C8H15NO.C4H9N/c1-2-8(10-7-1)3-5-9-6-4-8;1-2-4-5-3-1/h9H,1-7H2;5H,1-4H2. The molecule has 3 aliphatic rings. The Hall–Kier alpha value is -0.120. The summed E-state index contributed by atoms with van der Waals surface area (Å²) >= 11 is 0. The topological polar surface area (TPSA) is 33.3 Å². The lowest BCUT2D eigenvalue weighted by Crippen LogP contribution is -2.41. The highest BCUT2D eigenvalue weighted by molar-refractivity contribution is 4.89. The van der Waals surface area contributed by atoms with Gasteiger partial charge in [-0.3, -0.25) is 0 Å². The molecule has 3 rings (SSSR count). The van der Waals surface area contributed by atoms with Gasteiger partial charge < -0.3 is 15.4 Å². The third-order valence-corrected chi connectivity index (χ3v) is 3.66. The molecule has 2 N–H and O–H groups in total. The minimum Gasteiger partial charge on any atom is -0.375 e. The fourth-order valence-electron chi connectivity index (χ4n) is 2.66. The van der Waals surface area contributed by atoms with Crippen molar-refractivity contribution in [2.45, 2.75) is 44.1 Å². The smallest absolute Gasteiger partial charge is 0.0707 e. The average Bonchev–Trinajstić information content (AvgIpc) is 2.93.